The zero-order valence-electron chi connectivity index (χ0n) is 12.5. The third-order valence-corrected chi connectivity index (χ3v) is 4.35. The van der Waals surface area contributed by atoms with Crippen molar-refractivity contribution in [2.24, 2.45) is 0 Å². The first-order valence-electron chi connectivity index (χ1n) is 7.46. The van der Waals surface area contributed by atoms with E-state index in [9.17, 15) is 0 Å². The lowest BCUT2D eigenvalue weighted by molar-refractivity contribution is 0.225. The largest absolute Gasteiger partial charge is 0.367 e. The third kappa shape index (κ3) is 2.31. The molecular weight excluding hydrogens is 276 g/mol. The van der Waals surface area contributed by atoms with Gasteiger partial charge in [0.15, 0.2) is 11.5 Å². The van der Waals surface area contributed by atoms with Crippen LogP contribution in [-0.2, 0) is 13.0 Å². The molecule has 2 aromatic heterocycles. The summed E-state index contributed by atoms with van der Waals surface area (Å²) in [5, 5.41) is 3.44. The van der Waals surface area contributed by atoms with E-state index in [4.69, 9.17) is 0 Å². The van der Waals surface area contributed by atoms with E-state index in [-0.39, 0.29) is 0 Å². The summed E-state index contributed by atoms with van der Waals surface area (Å²) >= 11 is 0. The smallest absolute Gasteiger partial charge is 0.182 e. The molecule has 0 spiro atoms. The Kier molecular flexibility index (Phi) is 3.23. The maximum Gasteiger partial charge on any atom is 0.182 e. The van der Waals surface area contributed by atoms with E-state index < -0.39 is 0 Å². The highest BCUT2D eigenvalue weighted by Crippen LogP contribution is 2.22. The Labute approximate surface area is 128 Å². The minimum absolute atomic E-state index is 0.447. The Bertz CT molecular complexity index is 796. The number of hydrogen-bond donors (Lipinski definition) is 2. The molecule has 0 amide bonds. The lowest BCUT2D eigenvalue weighted by Crippen LogP contribution is -2.42. The molecule has 2 N–H and O–H groups in total. The average molecular weight is 294 g/mol. The van der Waals surface area contributed by atoms with Crippen LogP contribution >= 0.6 is 0 Å². The first-order valence-corrected chi connectivity index (χ1v) is 7.46. The van der Waals surface area contributed by atoms with Gasteiger partial charge in [-0.05, 0) is 24.6 Å². The standard InChI is InChI=1S/C16H18N6/c1-22-8-12-5-3-2-4-11(12)6-13(22)7-17-15-14-16(19-9-18-14)21-10-20-15/h2-5,9-10,13H,6-8H2,1H3,(H2,17,18,19,20,21)/t13-/m0/s1. The van der Waals surface area contributed by atoms with E-state index in [1.807, 2.05) is 0 Å². The topological polar surface area (TPSA) is 69.7 Å². The summed E-state index contributed by atoms with van der Waals surface area (Å²) in [6.07, 6.45) is 4.25. The molecule has 0 radical (unpaired) electrons. The van der Waals surface area contributed by atoms with Crippen molar-refractivity contribution in [3.8, 4) is 0 Å². The highest BCUT2D eigenvalue weighted by atomic mass is 15.2. The van der Waals surface area contributed by atoms with Gasteiger partial charge in [-0.3, -0.25) is 4.90 Å². The molecule has 4 rings (SSSR count). The van der Waals surface area contributed by atoms with Gasteiger partial charge in [-0.1, -0.05) is 24.3 Å². The summed E-state index contributed by atoms with van der Waals surface area (Å²) in [4.78, 5) is 18.1. The zero-order valence-corrected chi connectivity index (χ0v) is 12.5. The number of nitrogens with one attached hydrogen (secondary N) is 2. The van der Waals surface area contributed by atoms with Crippen molar-refractivity contribution in [3.63, 3.8) is 0 Å². The van der Waals surface area contributed by atoms with Gasteiger partial charge < -0.3 is 10.3 Å². The van der Waals surface area contributed by atoms with Gasteiger partial charge in [-0.15, -0.1) is 0 Å². The number of likely N-dealkylation sites (N-methyl/N-ethyl adjacent to an activating group) is 1. The summed E-state index contributed by atoms with van der Waals surface area (Å²) in [5.74, 6) is 0.815. The molecule has 0 bridgehead atoms. The van der Waals surface area contributed by atoms with Gasteiger partial charge in [0, 0.05) is 19.1 Å². The van der Waals surface area contributed by atoms with E-state index in [1.54, 1.807) is 12.7 Å². The van der Waals surface area contributed by atoms with Crippen LogP contribution in [0.4, 0.5) is 5.82 Å². The molecule has 0 unspecified atom stereocenters. The van der Waals surface area contributed by atoms with E-state index >= 15 is 0 Å². The fourth-order valence-electron chi connectivity index (χ4n) is 3.06. The van der Waals surface area contributed by atoms with Crippen LogP contribution in [0.25, 0.3) is 11.2 Å². The molecule has 22 heavy (non-hydrogen) atoms. The Morgan fingerprint density at radius 2 is 2.09 bits per heavy atom. The summed E-state index contributed by atoms with van der Waals surface area (Å²) in [6.45, 7) is 1.84. The van der Waals surface area contributed by atoms with Crippen molar-refractivity contribution in [2.45, 2.75) is 19.0 Å². The van der Waals surface area contributed by atoms with Gasteiger partial charge >= 0.3 is 0 Å². The molecule has 1 aromatic carbocycles. The lowest BCUT2D eigenvalue weighted by Gasteiger charge is -2.34. The van der Waals surface area contributed by atoms with Crippen LogP contribution in [0, 0.1) is 0 Å². The normalized spacial score (nSPS) is 18.3. The highest BCUT2D eigenvalue weighted by molar-refractivity contribution is 5.81. The number of benzene rings is 1. The van der Waals surface area contributed by atoms with Crippen molar-refractivity contribution in [1.82, 2.24) is 24.8 Å². The van der Waals surface area contributed by atoms with Crippen LogP contribution in [0.1, 0.15) is 11.1 Å². The molecular formula is C16H18N6. The summed E-state index contributed by atoms with van der Waals surface area (Å²) in [7, 11) is 2.17. The van der Waals surface area contributed by atoms with Crippen LogP contribution in [0.3, 0.4) is 0 Å². The predicted molar refractivity (Wildman–Crippen MR) is 85.6 cm³/mol. The Morgan fingerprint density at radius 3 is 3.00 bits per heavy atom. The summed E-state index contributed by atoms with van der Waals surface area (Å²) in [5.41, 5.74) is 4.43. The molecule has 0 saturated carbocycles. The molecule has 1 atom stereocenters. The molecule has 1 aliphatic heterocycles. The fourth-order valence-corrected chi connectivity index (χ4v) is 3.06. The van der Waals surface area contributed by atoms with Gasteiger partial charge in [0.05, 0.1) is 6.33 Å². The van der Waals surface area contributed by atoms with Crippen molar-refractivity contribution >= 4 is 17.0 Å². The van der Waals surface area contributed by atoms with Crippen LogP contribution < -0.4 is 5.32 Å². The van der Waals surface area contributed by atoms with Gasteiger partial charge in [0.2, 0.25) is 0 Å². The number of imidazole rings is 1. The number of anilines is 1. The van der Waals surface area contributed by atoms with Crippen molar-refractivity contribution in [1.29, 1.82) is 0 Å². The quantitative estimate of drug-likeness (QED) is 0.771. The van der Waals surface area contributed by atoms with E-state index in [1.165, 1.54) is 11.1 Å². The molecule has 0 aliphatic carbocycles. The van der Waals surface area contributed by atoms with Crippen LogP contribution in [0.5, 0.6) is 0 Å². The Balaban J connectivity index is 1.51. The number of hydrogen-bond acceptors (Lipinski definition) is 5. The summed E-state index contributed by atoms with van der Waals surface area (Å²) in [6, 6.07) is 9.12. The van der Waals surface area contributed by atoms with Crippen LogP contribution in [0.2, 0.25) is 0 Å². The third-order valence-electron chi connectivity index (χ3n) is 4.35. The second-order valence-corrected chi connectivity index (χ2v) is 5.75. The van der Waals surface area contributed by atoms with Gasteiger partial charge in [-0.25, -0.2) is 15.0 Å². The molecule has 0 fully saturated rings. The van der Waals surface area contributed by atoms with Crippen molar-refractivity contribution < 1.29 is 0 Å². The second kappa shape index (κ2) is 5.38. The number of rotatable bonds is 3. The van der Waals surface area contributed by atoms with E-state index in [0.717, 1.165) is 30.8 Å². The van der Waals surface area contributed by atoms with Gasteiger partial charge in [0.25, 0.3) is 0 Å². The van der Waals surface area contributed by atoms with Crippen molar-refractivity contribution in [3.05, 3.63) is 48.0 Å². The highest BCUT2D eigenvalue weighted by Gasteiger charge is 2.23. The number of nitrogens with zero attached hydrogens (tertiary/aromatic N) is 4. The van der Waals surface area contributed by atoms with Crippen molar-refractivity contribution in [2.75, 3.05) is 18.9 Å². The maximum atomic E-state index is 4.32. The Morgan fingerprint density at radius 1 is 1.23 bits per heavy atom. The number of fused-ring (bicyclic) bond motifs is 2. The van der Waals surface area contributed by atoms with Crippen LogP contribution in [-0.4, -0.2) is 44.5 Å². The number of aromatic amines is 1. The fraction of sp³-hybridized carbons (Fsp3) is 0.312. The van der Waals surface area contributed by atoms with E-state index in [2.05, 4.69) is 61.5 Å². The van der Waals surface area contributed by atoms with Crippen LogP contribution in [0.15, 0.2) is 36.9 Å². The molecule has 0 saturated heterocycles. The van der Waals surface area contributed by atoms with Gasteiger partial charge in [-0.2, -0.15) is 0 Å². The SMILES string of the molecule is CN1Cc2ccccc2C[C@H]1CNc1ncnc2nc[nH]c12. The minimum atomic E-state index is 0.447. The first-order chi connectivity index (χ1) is 10.8. The number of H-pyrrole nitrogens is 1. The molecule has 6 nitrogen and oxygen atoms in total. The summed E-state index contributed by atoms with van der Waals surface area (Å²) < 4.78 is 0. The second-order valence-electron chi connectivity index (χ2n) is 5.75. The average Bonchev–Trinajstić information content (AvgIpc) is 3.02. The van der Waals surface area contributed by atoms with E-state index in [0.29, 0.717) is 11.7 Å². The first kappa shape index (κ1) is 13.2. The zero-order chi connectivity index (χ0) is 14.9. The predicted octanol–water partition coefficient (Wildman–Crippen LogP) is 1.82. The molecule has 112 valence electrons. The molecule has 6 heteroatoms. The lowest BCUT2D eigenvalue weighted by atomic mass is 9.94. The monoisotopic (exact) mass is 294 g/mol. The van der Waals surface area contributed by atoms with Gasteiger partial charge in [0.1, 0.15) is 11.8 Å². The molecule has 3 heterocycles. The molecule has 1 aliphatic rings. The maximum absolute atomic E-state index is 4.32. The number of aromatic nitrogens is 4. The molecule has 3 aromatic rings. The Hall–Kier alpha value is -2.47. The minimum Gasteiger partial charge on any atom is -0.367 e.